The van der Waals surface area contributed by atoms with E-state index in [-0.39, 0.29) is 30.1 Å². The van der Waals surface area contributed by atoms with Crippen molar-refractivity contribution in [2.45, 2.75) is 89.5 Å². The van der Waals surface area contributed by atoms with Crippen molar-refractivity contribution in [2.75, 3.05) is 42.5 Å². The van der Waals surface area contributed by atoms with Crippen molar-refractivity contribution in [1.82, 2.24) is 20.0 Å². The number of rotatable bonds is 5. The Labute approximate surface area is 272 Å². The van der Waals surface area contributed by atoms with Crippen molar-refractivity contribution in [3.05, 3.63) is 48.2 Å². The summed E-state index contributed by atoms with van der Waals surface area (Å²) in [5.74, 6) is -0.840. The van der Waals surface area contributed by atoms with E-state index in [4.69, 9.17) is 14.4 Å². The highest BCUT2D eigenvalue weighted by atomic mass is 16.7. The molecule has 1 N–H and O–H groups in total. The molecule has 0 bridgehead atoms. The Balaban J connectivity index is 0.976. The lowest BCUT2D eigenvalue weighted by atomic mass is 9.79. The molecule has 1 aromatic heterocycles. The van der Waals surface area contributed by atoms with Crippen LogP contribution in [0.3, 0.4) is 0 Å². The van der Waals surface area contributed by atoms with E-state index in [0.717, 1.165) is 73.3 Å². The number of anilines is 2. The molecular formula is C35H47BN6O4. The number of hydrogen-bond donors (Lipinski definition) is 1. The Bertz CT molecular complexity index is 1610. The summed E-state index contributed by atoms with van der Waals surface area (Å²) in [6.07, 6.45) is 3.15. The third kappa shape index (κ3) is 5.50. The van der Waals surface area contributed by atoms with Crippen LogP contribution in [0.15, 0.2) is 42.5 Å². The summed E-state index contributed by atoms with van der Waals surface area (Å²) in [5, 5.41) is 8.31. The van der Waals surface area contributed by atoms with Crippen LogP contribution in [-0.2, 0) is 25.9 Å². The van der Waals surface area contributed by atoms with Gasteiger partial charge >= 0.3 is 7.12 Å². The maximum absolute atomic E-state index is 12.7. The molecule has 0 spiro atoms. The summed E-state index contributed by atoms with van der Waals surface area (Å²) in [4.78, 5) is 32.1. The van der Waals surface area contributed by atoms with Gasteiger partial charge in [0.15, 0.2) is 0 Å². The van der Waals surface area contributed by atoms with Crippen LogP contribution in [0.25, 0.3) is 10.9 Å². The van der Waals surface area contributed by atoms with E-state index in [2.05, 4.69) is 97.1 Å². The minimum absolute atomic E-state index is 0.201. The summed E-state index contributed by atoms with van der Waals surface area (Å²) in [6, 6.07) is 16.0. The number of carbonyl (C=O) groups is 2. The molecule has 0 radical (unpaired) electrons. The summed E-state index contributed by atoms with van der Waals surface area (Å²) >= 11 is 0. The highest BCUT2D eigenvalue weighted by Gasteiger charge is 2.51. The van der Waals surface area contributed by atoms with Gasteiger partial charge in [-0.15, -0.1) is 0 Å². The molecule has 2 aromatic carbocycles. The standard InChI is InChI=1S/C35H47BN6O4/c1-23-22-41(29-9-7-8-27-31(38-39(6)32(27)29)28-14-15-30(43)37-33(28)44)20-21-42(23)26-16-18-40(19-17-26)25-12-10-24(11-13-25)36-45-34(2,3)35(4,5)46-36/h7-13,23,26,28H,14-22H2,1-6H3,(H,37,43,44)/t23-,28?/m1/s1. The number of fused-ring (bicyclic) bond motifs is 1. The first-order valence-corrected chi connectivity index (χ1v) is 16.9. The lowest BCUT2D eigenvalue weighted by molar-refractivity contribution is -0.134. The molecule has 3 aromatic rings. The number of piperazine rings is 1. The number of carbonyl (C=O) groups excluding carboxylic acids is 2. The number of hydrogen-bond acceptors (Lipinski definition) is 8. The van der Waals surface area contributed by atoms with Crippen LogP contribution < -0.4 is 20.6 Å². The Morgan fingerprint density at radius 2 is 1.59 bits per heavy atom. The minimum Gasteiger partial charge on any atom is -0.399 e. The van der Waals surface area contributed by atoms with Crippen molar-refractivity contribution in [3.63, 3.8) is 0 Å². The lowest BCUT2D eigenvalue weighted by Gasteiger charge is -2.47. The van der Waals surface area contributed by atoms with Crippen molar-refractivity contribution in [1.29, 1.82) is 0 Å². The van der Waals surface area contributed by atoms with Gasteiger partial charge in [-0.25, -0.2) is 0 Å². The van der Waals surface area contributed by atoms with E-state index in [0.29, 0.717) is 24.9 Å². The van der Waals surface area contributed by atoms with Crippen molar-refractivity contribution >= 4 is 46.7 Å². The van der Waals surface area contributed by atoms with Crippen molar-refractivity contribution in [3.8, 4) is 0 Å². The predicted molar refractivity (Wildman–Crippen MR) is 182 cm³/mol. The summed E-state index contributed by atoms with van der Waals surface area (Å²) in [6.45, 7) is 15.7. The van der Waals surface area contributed by atoms with Gasteiger partial charge in [0.2, 0.25) is 11.8 Å². The first-order chi connectivity index (χ1) is 21.9. The molecular weight excluding hydrogens is 579 g/mol. The molecule has 5 heterocycles. The largest absolute Gasteiger partial charge is 0.494 e. The number of nitrogens with one attached hydrogen (secondary N) is 1. The van der Waals surface area contributed by atoms with E-state index >= 15 is 0 Å². The average Bonchev–Trinajstić information content (AvgIpc) is 3.48. The Morgan fingerprint density at radius 3 is 2.24 bits per heavy atom. The molecule has 0 saturated carbocycles. The second-order valence-corrected chi connectivity index (χ2v) is 14.6. The fourth-order valence-electron chi connectivity index (χ4n) is 7.82. The summed E-state index contributed by atoms with van der Waals surface area (Å²) in [5.41, 5.74) is 4.64. The highest BCUT2D eigenvalue weighted by molar-refractivity contribution is 6.62. The quantitative estimate of drug-likeness (QED) is 0.340. The number of imide groups is 1. The Kier molecular flexibility index (Phi) is 7.93. The Morgan fingerprint density at radius 1 is 0.891 bits per heavy atom. The summed E-state index contributed by atoms with van der Waals surface area (Å²) < 4.78 is 14.4. The number of benzene rings is 2. The molecule has 46 heavy (non-hydrogen) atoms. The number of aromatic nitrogens is 2. The third-order valence-corrected chi connectivity index (χ3v) is 11.2. The zero-order valence-corrected chi connectivity index (χ0v) is 28.1. The van der Waals surface area contributed by atoms with Gasteiger partial charge in [0.05, 0.1) is 34.0 Å². The molecule has 2 atom stereocenters. The van der Waals surface area contributed by atoms with Gasteiger partial charge in [-0.1, -0.05) is 24.3 Å². The maximum Gasteiger partial charge on any atom is 0.494 e. The second kappa shape index (κ2) is 11.7. The van der Waals surface area contributed by atoms with Gasteiger partial charge in [0.25, 0.3) is 0 Å². The topological polar surface area (TPSA) is 92.2 Å². The smallest absolute Gasteiger partial charge is 0.399 e. The molecule has 4 saturated heterocycles. The number of nitrogens with zero attached hydrogens (tertiary/aromatic N) is 5. The molecule has 4 aliphatic heterocycles. The van der Waals surface area contributed by atoms with Gasteiger partial charge in [0, 0.05) is 69.3 Å². The second-order valence-electron chi connectivity index (χ2n) is 14.6. The number of para-hydroxylation sites is 1. The van der Waals surface area contributed by atoms with E-state index in [1.165, 1.54) is 5.69 Å². The summed E-state index contributed by atoms with van der Waals surface area (Å²) in [7, 11) is 1.63. The highest BCUT2D eigenvalue weighted by Crippen LogP contribution is 2.38. The van der Waals surface area contributed by atoms with E-state index < -0.39 is 5.92 Å². The molecule has 7 rings (SSSR count). The lowest BCUT2D eigenvalue weighted by Crippen LogP contribution is -2.57. The van der Waals surface area contributed by atoms with Crippen LogP contribution in [0.4, 0.5) is 11.4 Å². The van der Waals surface area contributed by atoms with Gasteiger partial charge in [-0.2, -0.15) is 5.10 Å². The molecule has 2 amide bonds. The van der Waals surface area contributed by atoms with Gasteiger partial charge in [-0.05, 0) is 77.5 Å². The fourth-order valence-corrected chi connectivity index (χ4v) is 7.82. The monoisotopic (exact) mass is 626 g/mol. The first kappa shape index (κ1) is 31.2. The van der Waals surface area contributed by atoms with Crippen molar-refractivity contribution in [2.24, 2.45) is 7.05 Å². The van der Waals surface area contributed by atoms with Crippen molar-refractivity contribution < 1.29 is 18.9 Å². The molecule has 1 unspecified atom stereocenters. The molecule has 11 heteroatoms. The molecule has 0 aliphatic carbocycles. The first-order valence-electron chi connectivity index (χ1n) is 16.9. The van der Waals surface area contributed by atoms with Crippen LogP contribution in [0.2, 0.25) is 0 Å². The predicted octanol–water partition coefficient (Wildman–Crippen LogP) is 3.57. The average molecular weight is 627 g/mol. The van der Waals surface area contributed by atoms with Crippen LogP contribution >= 0.6 is 0 Å². The van der Waals surface area contributed by atoms with Crippen LogP contribution in [-0.4, -0.2) is 89.6 Å². The van der Waals surface area contributed by atoms with E-state index in [1.54, 1.807) is 0 Å². The SMILES string of the molecule is C[C@@H]1CN(c2cccc3c(C4CCC(=O)NC4=O)nn(C)c23)CCN1C1CCN(c2ccc(B3OC(C)(C)C(C)(C)O3)cc2)CC1. The zero-order valence-electron chi connectivity index (χ0n) is 28.1. The fraction of sp³-hybridized carbons (Fsp3) is 0.571. The zero-order chi connectivity index (χ0) is 32.4. The number of amides is 2. The van der Waals surface area contributed by atoms with E-state index in [9.17, 15) is 9.59 Å². The Hall–Kier alpha value is -3.41. The van der Waals surface area contributed by atoms with Crippen LogP contribution in [0.5, 0.6) is 0 Å². The third-order valence-electron chi connectivity index (χ3n) is 11.2. The number of aryl methyl sites for hydroxylation is 1. The normalized spacial score (nSPS) is 25.8. The molecule has 4 fully saturated rings. The molecule has 244 valence electrons. The van der Waals surface area contributed by atoms with Gasteiger partial charge in [0.1, 0.15) is 0 Å². The van der Waals surface area contributed by atoms with E-state index in [1.807, 2.05) is 11.7 Å². The molecule has 10 nitrogen and oxygen atoms in total. The van der Waals surface area contributed by atoms with Gasteiger partial charge in [-0.3, -0.25) is 24.5 Å². The molecule has 4 aliphatic rings. The van der Waals surface area contributed by atoms with Gasteiger partial charge < -0.3 is 19.1 Å². The van der Waals surface area contributed by atoms with Crippen LogP contribution in [0, 0.1) is 0 Å². The van der Waals surface area contributed by atoms with Crippen LogP contribution in [0.1, 0.15) is 71.9 Å². The maximum atomic E-state index is 12.7. The minimum atomic E-state index is -0.397. The number of piperidine rings is 2.